The van der Waals surface area contributed by atoms with Crippen molar-refractivity contribution in [1.82, 2.24) is 10.2 Å². The van der Waals surface area contributed by atoms with Gasteiger partial charge in [-0.3, -0.25) is 14.4 Å². The summed E-state index contributed by atoms with van der Waals surface area (Å²) in [5, 5.41) is 11.6. The van der Waals surface area contributed by atoms with Gasteiger partial charge in [-0.25, -0.2) is 0 Å². The SMILES string of the molecule is O=C(O)CN1CC(C(=O)NC2CCCC2)CC1=O. The van der Waals surface area contributed by atoms with E-state index < -0.39 is 11.9 Å². The molecule has 2 amide bonds. The highest BCUT2D eigenvalue weighted by Crippen LogP contribution is 2.21. The van der Waals surface area contributed by atoms with Gasteiger partial charge in [0.25, 0.3) is 0 Å². The van der Waals surface area contributed by atoms with Gasteiger partial charge in [-0.2, -0.15) is 0 Å². The molecule has 2 fully saturated rings. The van der Waals surface area contributed by atoms with Crippen LogP contribution >= 0.6 is 0 Å². The Morgan fingerprint density at radius 1 is 1.33 bits per heavy atom. The second-order valence-electron chi connectivity index (χ2n) is 5.06. The smallest absolute Gasteiger partial charge is 0.323 e. The molecule has 0 bridgehead atoms. The highest BCUT2D eigenvalue weighted by molar-refractivity contribution is 5.90. The van der Waals surface area contributed by atoms with Gasteiger partial charge in [0, 0.05) is 19.0 Å². The minimum Gasteiger partial charge on any atom is -0.480 e. The zero-order valence-electron chi connectivity index (χ0n) is 10.2. The van der Waals surface area contributed by atoms with Gasteiger partial charge in [-0.05, 0) is 12.8 Å². The van der Waals surface area contributed by atoms with Gasteiger partial charge < -0.3 is 15.3 Å². The van der Waals surface area contributed by atoms with Crippen molar-refractivity contribution in [2.75, 3.05) is 13.1 Å². The Morgan fingerprint density at radius 2 is 2.00 bits per heavy atom. The molecular weight excluding hydrogens is 236 g/mol. The topological polar surface area (TPSA) is 86.7 Å². The normalized spacial score (nSPS) is 24.6. The summed E-state index contributed by atoms with van der Waals surface area (Å²) < 4.78 is 0. The van der Waals surface area contributed by atoms with E-state index in [4.69, 9.17) is 5.11 Å². The molecule has 1 aliphatic heterocycles. The number of rotatable bonds is 4. The van der Waals surface area contributed by atoms with E-state index in [2.05, 4.69) is 5.32 Å². The van der Waals surface area contributed by atoms with Gasteiger partial charge in [-0.15, -0.1) is 0 Å². The number of carbonyl (C=O) groups is 3. The molecule has 1 unspecified atom stereocenters. The molecule has 1 saturated carbocycles. The molecule has 2 N–H and O–H groups in total. The first-order valence-electron chi connectivity index (χ1n) is 6.36. The molecule has 2 aliphatic rings. The quantitative estimate of drug-likeness (QED) is 0.738. The van der Waals surface area contributed by atoms with Gasteiger partial charge in [0.1, 0.15) is 6.54 Å². The number of hydrogen-bond donors (Lipinski definition) is 2. The zero-order valence-corrected chi connectivity index (χ0v) is 10.2. The van der Waals surface area contributed by atoms with Crippen molar-refractivity contribution in [3.05, 3.63) is 0 Å². The van der Waals surface area contributed by atoms with Gasteiger partial charge in [-0.1, -0.05) is 12.8 Å². The second kappa shape index (κ2) is 5.37. The summed E-state index contributed by atoms with van der Waals surface area (Å²) in [6.45, 7) is -0.0876. The lowest BCUT2D eigenvalue weighted by Crippen LogP contribution is -2.39. The third-order valence-electron chi connectivity index (χ3n) is 3.61. The standard InChI is InChI=1S/C12H18N2O4/c15-10-5-8(6-14(10)7-11(16)17)12(18)13-9-3-1-2-4-9/h8-9H,1-7H2,(H,13,18)(H,16,17). The average Bonchev–Trinajstić information content (AvgIpc) is 2.89. The maximum absolute atomic E-state index is 11.9. The van der Waals surface area contributed by atoms with Crippen LogP contribution in [0.5, 0.6) is 0 Å². The van der Waals surface area contributed by atoms with Crippen LogP contribution < -0.4 is 5.32 Å². The van der Waals surface area contributed by atoms with Crippen molar-refractivity contribution >= 4 is 17.8 Å². The van der Waals surface area contributed by atoms with Crippen LogP contribution in [0.1, 0.15) is 32.1 Å². The van der Waals surface area contributed by atoms with E-state index in [1.54, 1.807) is 0 Å². The monoisotopic (exact) mass is 254 g/mol. The molecule has 2 rings (SSSR count). The van der Waals surface area contributed by atoms with Crippen LogP contribution in [-0.4, -0.2) is 46.9 Å². The molecule has 0 aromatic rings. The lowest BCUT2D eigenvalue weighted by atomic mass is 10.1. The number of likely N-dealkylation sites (tertiary alicyclic amines) is 1. The molecule has 1 atom stereocenters. The van der Waals surface area contributed by atoms with Crippen LogP contribution in [-0.2, 0) is 14.4 Å². The molecule has 1 aliphatic carbocycles. The number of carboxylic acids is 1. The van der Waals surface area contributed by atoms with E-state index in [0.717, 1.165) is 25.7 Å². The van der Waals surface area contributed by atoms with Crippen molar-refractivity contribution < 1.29 is 19.5 Å². The van der Waals surface area contributed by atoms with Crippen molar-refractivity contribution in [3.8, 4) is 0 Å². The van der Waals surface area contributed by atoms with E-state index in [1.165, 1.54) is 4.90 Å². The predicted octanol–water partition coefficient (Wildman–Crippen LogP) is -0.0217. The second-order valence-corrected chi connectivity index (χ2v) is 5.06. The van der Waals surface area contributed by atoms with Crippen molar-refractivity contribution in [2.24, 2.45) is 5.92 Å². The third kappa shape index (κ3) is 3.00. The van der Waals surface area contributed by atoms with E-state index in [1.807, 2.05) is 0 Å². The van der Waals surface area contributed by atoms with E-state index in [9.17, 15) is 14.4 Å². The number of nitrogens with zero attached hydrogens (tertiary/aromatic N) is 1. The fraction of sp³-hybridized carbons (Fsp3) is 0.750. The Morgan fingerprint density at radius 3 is 2.61 bits per heavy atom. The fourth-order valence-electron chi connectivity index (χ4n) is 2.65. The summed E-state index contributed by atoms with van der Waals surface area (Å²) >= 11 is 0. The summed E-state index contributed by atoms with van der Waals surface area (Å²) in [4.78, 5) is 35.3. The van der Waals surface area contributed by atoms with Gasteiger partial charge in [0.2, 0.25) is 11.8 Å². The lowest BCUT2D eigenvalue weighted by Gasteiger charge is -2.16. The summed E-state index contributed by atoms with van der Waals surface area (Å²) in [5.74, 6) is -1.79. The summed E-state index contributed by atoms with van der Waals surface area (Å²) in [6, 6.07) is 0.237. The lowest BCUT2D eigenvalue weighted by molar-refractivity contribution is -0.142. The van der Waals surface area contributed by atoms with E-state index in [0.29, 0.717) is 0 Å². The van der Waals surface area contributed by atoms with Crippen LogP contribution in [0.3, 0.4) is 0 Å². The Hall–Kier alpha value is -1.59. The number of nitrogens with one attached hydrogen (secondary N) is 1. The first-order chi connectivity index (χ1) is 8.56. The first kappa shape index (κ1) is 12.9. The molecular formula is C12H18N2O4. The predicted molar refractivity (Wildman–Crippen MR) is 62.7 cm³/mol. The first-order valence-corrected chi connectivity index (χ1v) is 6.36. The maximum atomic E-state index is 11.9. The molecule has 0 aromatic carbocycles. The van der Waals surface area contributed by atoms with Crippen LogP contribution in [0, 0.1) is 5.92 Å². The molecule has 6 heteroatoms. The third-order valence-corrected chi connectivity index (χ3v) is 3.61. The number of hydrogen-bond acceptors (Lipinski definition) is 3. The van der Waals surface area contributed by atoms with Crippen LogP contribution in [0.25, 0.3) is 0 Å². The van der Waals surface area contributed by atoms with Crippen LogP contribution in [0.15, 0.2) is 0 Å². The zero-order chi connectivity index (χ0) is 13.1. The Labute approximate surface area is 105 Å². The average molecular weight is 254 g/mol. The molecule has 6 nitrogen and oxygen atoms in total. The van der Waals surface area contributed by atoms with Gasteiger partial charge in [0.05, 0.1) is 5.92 Å². The van der Waals surface area contributed by atoms with Crippen molar-refractivity contribution in [2.45, 2.75) is 38.1 Å². The molecule has 0 spiro atoms. The Bertz CT molecular complexity index is 363. The van der Waals surface area contributed by atoms with Crippen LogP contribution in [0.2, 0.25) is 0 Å². The highest BCUT2D eigenvalue weighted by atomic mass is 16.4. The van der Waals surface area contributed by atoms with Crippen molar-refractivity contribution in [1.29, 1.82) is 0 Å². The molecule has 0 aromatic heterocycles. The summed E-state index contributed by atoms with van der Waals surface area (Å²) in [7, 11) is 0. The number of carbonyl (C=O) groups excluding carboxylic acids is 2. The molecule has 18 heavy (non-hydrogen) atoms. The maximum Gasteiger partial charge on any atom is 0.323 e. The minimum atomic E-state index is -1.04. The number of carboxylic acid groups (broad SMARTS) is 1. The molecule has 100 valence electrons. The largest absolute Gasteiger partial charge is 0.480 e. The summed E-state index contributed by atoms with van der Waals surface area (Å²) in [6.07, 6.45) is 4.42. The minimum absolute atomic E-state index is 0.108. The van der Waals surface area contributed by atoms with Gasteiger partial charge in [0.15, 0.2) is 0 Å². The fourth-order valence-corrected chi connectivity index (χ4v) is 2.65. The van der Waals surface area contributed by atoms with E-state index >= 15 is 0 Å². The van der Waals surface area contributed by atoms with Crippen molar-refractivity contribution in [3.63, 3.8) is 0 Å². The highest BCUT2D eigenvalue weighted by Gasteiger charge is 2.35. The molecule has 1 heterocycles. The van der Waals surface area contributed by atoms with Gasteiger partial charge >= 0.3 is 5.97 Å². The molecule has 0 radical (unpaired) electrons. The summed E-state index contributed by atoms with van der Waals surface area (Å²) in [5.41, 5.74) is 0. The Balaban J connectivity index is 1.84. The Kier molecular flexibility index (Phi) is 3.84. The number of aliphatic carboxylic acids is 1. The number of amides is 2. The molecule has 1 saturated heterocycles. The van der Waals surface area contributed by atoms with Crippen LogP contribution in [0.4, 0.5) is 0 Å². The van der Waals surface area contributed by atoms with E-state index in [-0.39, 0.29) is 37.4 Å².